The van der Waals surface area contributed by atoms with Crippen LogP contribution in [0.15, 0.2) is 72.8 Å². The smallest absolute Gasteiger partial charge is 0.256 e. The molecule has 2 aliphatic heterocycles. The monoisotopic (exact) mass is 431 g/mol. The molecule has 2 aliphatic rings. The molecule has 0 aromatic heterocycles. The Bertz CT molecular complexity index is 1170. The Morgan fingerprint density at radius 1 is 0.935 bits per heavy atom. The van der Waals surface area contributed by atoms with Crippen LogP contribution in [0.25, 0.3) is 0 Å². The molecule has 5 nitrogen and oxygen atoms in total. The number of halogens is 1. The molecule has 0 saturated carbocycles. The van der Waals surface area contributed by atoms with Crippen molar-refractivity contribution in [2.75, 3.05) is 32.1 Å². The third kappa shape index (κ3) is 2.77. The highest BCUT2D eigenvalue weighted by molar-refractivity contribution is 6.30. The summed E-state index contributed by atoms with van der Waals surface area (Å²) < 4.78 is 0. The van der Waals surface area contributed by atoms with Gasteiger partial charge in [0.05, 0.1) is 0 Å². The van der Waals surface area contributed by atoms with Gasteiger partial charge in [-0.1, -0.05) is 41.9 Å². The van der Waals surface area contributed by atoms with E-state index in [1.807, 2.05) is 102 Å². The minimum absolute atomic E-state index is 0.0520. The van der Waals surface area contributed by atoms with Crippen molar-refractivity contribution in [1.82, 2.24) is 9.80 Å². The van der Waals surface area contributed by atoms with E-state index >= 15 is 0 Å². The maximum Gasteiger partial charge on any atom is 0.256 e. The van der Waals surface area contributed by atoms with Crippen molar-refractivity contribution in [3.05, 3.63) is 100 Å². The molecule has 0 aliphatic carbocycles. The Hall–Kier alpha value is -3.31. The van der Waals surface area contributed by atoms with Crippen molar-refractivity contribution in [3.8, 4) is 0 Å². The quantitative estimate of drug-likeness (QED) is 0.623. The number of nitrogens with zero attached hydrogens (tertiary/aromatic N) is 3. The lowest BCUT2D eigenvalue weighted by atomic mass is 9.89. The third-order valence-corrected chi connectivity index (χ3v) is 6.48. The summed E-state index contributed by atoms with van der Waals surface area (Å²) in [5.41, 5.74) is 2.96. The fourth-order valence-corrected chi connectivity index (χ4v) is 4.91. The molecule has 5 rings (SSSR count). The van der Waals surface area contributed by atoms with Crippen LogP contribution >= 0.6 is 11.6 Å². The van der Waals surface area contributed by atoms with Crippen LogP contribution in [-0.2, 0) is 5.66 Å². The lowest BCUT2D eigenvalue weighted by Gasteiger charge is -2.40. The first-order chi connectivity index (χ1) is 14.9. The molecule has 156 valence electrons. The predicted octanol–water partition coefficient (Wildman–Crippen LogP) is 4.22. The van der Waals surface area contributed by atoms with Gasteiger partial charge in [0.1, 0.15) is 0 Å². The van der Waals surface area contributed by atoms with Gasteiger partial charge in [-0.05, 0) is 42.5 Å². The number of hydrogen-bond donors (Lipinski definition) is 0. The molecule has 0 spiro atoms. The van der Waals surface area contributed by atoms with Crippen LogP contribution in [0.2, 0.25) is 5.02 Å². The minimum Gasteiger partial charge on any atom is -0.378 e. The summed E-state index contributed by atoms with van der Waals surface area (Å²) in [6, 6.07) is 22.6. The van der Waals surface area contributed by atoms with Crippen molar-refractivity contribution < 1.29 is 9.59 Å². The number of rotatable bonds is 3. The maximum absolute atomic E-state index is 13.8. The zero-order valence-corrected chi connectivity index (χ0v) is 18.1. The maximum atomic E-state index is 13.8. The van der Waals surface area contributed by atoms with Crippen LogP contribution in [0.3, 0.4) is 0 Å². The number of anilines is 1. The van der Waals surface area contributed by atoms with E-state index in [1.165, 1.54) is 0 Å². The molecule has 1 fully saturated rings. The van der Waals surface area contributed by atoms with Gasteiger partial charge < -0.3 is 14.7 Å². The van der Waals surface area contributed by atoms with Crippen LogP contribution in [0, 0.1) is 0 Å². The number of carbonyl (C=O) groups excluding carboxylic acids is 2. The van der Waals surface area contributed by atoms with Gasteiger partial charge in [-0.15, -0.1) is 0 Å². The average molecular weight is 432 g/mol. The van der Waals surface area contributed by atoms with E-state index in [0.29, 0.717) is 29.2 Å². The second-order valence-corrected chi connectivity index (χ2v) is 8.52. The molecule has 31 heavy (non-hydrogen) atoms. The first-order valence-electron chi connectivity index (χ1n) is 10.2. The number of carbonyl (C=O) groups is 2. The Morgan fingerprint density at radius 3 is 2.29 bits per heavy atom. The van der Waals surface area contributed by atoms with Crippen molar-refractivity contribution in [1.29, 1.82) is 0 Å². The second kappa shape index (κ2) is 7.13. The number of fused-ring (bicyclic) bond motifs is 3. The second-order valence-electron chi connectivity index (χ2n) is 8.08. The third-order valence-electron chi connectivity index (χ3n) is 6.23. The molecule has 2 heterocycles. The fourth-order valence-electron chi connectivity index (χ4n) is 4.78. The topological polar surface area (TPSA) is 43.9 Å². The molecule has 3 aromatic carbocycles. The molecule has 0 N–H and O–H groups in total. The van der Waals surface area contributed by atoms with Gasteiger partial charge in [0, 0.05) is 60.1 Å². The Labute approximate surface area is 186 Å². The zero-order chi connectivity index (χ0) is 21.8. The van der Waals surface area contributed by atoms with E-state index in [1.54, 1.807) is 0 Å². The minimum atomic E-state index is -0.977. The fraction of sp³-hybridized carbons (Fsp3) is 0.200. The molecule has 3 aromatic rings. The summed E-state index contributed by atoms with van der Waals surface area (Å²) in [4.78, 5) is 32.7. The van der Waals surface area contributed by atoms with Gasteiger partial charge in [-0.25, -0.2) is 0 Å². The lowest BCUT2D eigenvalue weighted by Crippen LogP contribution is -2.51. The number of hydrogen-bond acceptors (Lipinski definition) is 3. The SMILES string of the molecule is CN(C)c1ccc(C(=O)N2CCN3C(=O)c4ccccc4C23c2ccc(Cl)cc2)cc1. The van der Waals surface area contributed by atoms with E-state index in [2.05, 4.69) is 0 Å². The van der Waals surface area contributed by atoms with Gasteiger partial charge in [0.15, 0.2) is 5.66 Å². The highest BCUT2D eigenvalue weighted by atomic mass is 35.5. The molecule has 1 atom stereocenters. The van der Waals surface area contributed by atoms with Gasteiger partial charge in [0.2, 0.25) is 0 Å². The van der Waals surface area contributed by atoms with Crippen LogP contribution in [0.1, 0.15) is 31.8 Å². The molecule has 2 amide bonds. The van der Waals surface area contributed by atoms with E-state index in [4.69, 9.17) is 11.6 Å². The molecular formula is C25H22ClN3O2. The van der Waals surface area contributed by atoms with Gasteiger partial charge in [-0.2, -0.15) is 0 Å². The van der Waals surface area contributed by atoms with Crippen LogP contribution in [0.4, 0.5) is 5.69 Å². The van der Waals surface area contributed by atoms with Gasteiger partial charge in [0.25, 0.3) is 11.8 Å². The van der Waals surface area contributed by atoms with Crippen LogP contribution < -0.4 is 4.90 Å². The average Bonchev–Trinajstić information content (AvgIpc) is 3.29. The summed E-state index contributed by atoms with van der Waals surface area (Å²) in [7, 11) is 3.93. The summed E-state index contributed by atoms with van der Waals surface area (Å²) in [5.74, 6) is -0.156. The molecule has 1 saturated heterocycles. The predicted molar refractivity (Wildman–Crippen MR) is 122 cm³/mol. The normalized spacial score (nSPS) is 19.4. The first kappa shape index (κ1) is 19.6. The molecule has 0 bridgehead atoms. The van der Waals surface area contributed by atoms with Gasteiger partial charge in [-0.3, -0.25) is 9.59 Å². The highest BCUT2D eigenvalue weighted by Gasteiger charge is 2.59. The van der Waals surface area contributed by atoms with Crippen molar-refractivity contribution in [3.63, 3.8) is 0 Å². The Balaban J connectivity index is 1.68. The van der Waals surface area contributed by atoms with Crippen molar-refractivity contribution in [2.45, 2.75) is 5.66 Å². The van der Waals surface area contributed by atoms with Crippen LogP contribution in [-0.4, -0.2) is 48.8 Å². The van der Waals surface area contributed by atoms with E-state index in [0.717, 1.165) is 16.8 Å². The van der Waals surface area contributed by atoms with E-state index < -0.39 is 5.66 Å². The lowest BCUT2D eigenvalue weighted by molar-refractivity contribution is 0.0375. The molecule has 1 unspecified atom stereocenters. The van der Waals surface area contributed by atoms with E-state index in [-0.39, 0.29) is 11.8 Å². The Kier molecular flexibility index (Phi) is 4.52. The van der Waals surface area contributed by atoms with Crippen LogP contribution in [0.5, 0.6) is 0 Å². The summed E-state index contributed by atoms with van der Waals surface area (Å²) in [6.45, 7) is 0.925. The first-order valence-corrected chi connectivity index (χ1v) is 10.6. The highest BCUT2D eigenvalue weighted by Crippen LogP contribution is 2.50. The summed E-state index contributed by atoms with van der Waals surface area (Å²) in [6.07, 6.45) is 0. The molecule has 0 radical (unpaired) electrons. The summed E-state index contributed by atoms with van der Waals surface area (Å²) in [5, 5.41) is 0.611. The zero-order valence-electron chi connectivity index (χ0n) is 17.4. The Morgan fingerprint density at radius 2 is 1.61 bits per heavy atom. The largest absolute Gasteiger partial charge is 0.378 e. The number of amides is 2. The van der Waals surface area contributed by atoms with Crippen molar-refractivity contribution >= 4 is 29.1 Å². The molecular weight excluding hydrogens is 410 g/mol. The molecule has 6 heteroatoms. The standard InChI is InChI=1S/C25H22ClN3O2/c1-27(2)20-13-7-17(8-14-20)23(30)28-15-16-29-24(31)21-5-3-4-6-22(21)25(28,29)18-9-11-19(26)12-10-18/h3-14H,15-16H2,1-2H3. The van der Waals surface area contributed by atoms with Gasteiger partial charge >= 0.3 is 0 Å². The van der Waals surface area contributed by atoms with E-state index in [9.17, 15) is 9.59 Å². The van der Waals surface area contributed by atoms with Crippen molar-refractivity contribution in [2.24, 2.45) is 0 Å². The summed E-state index contributed by atoms with van der Waals surface area (Å²) >= 11 is 6.16. The number of benzene rings is 3.